The third-order valence-corrected chi connectivity index (χ3v) is 26.8. The Morgan fingerprint density at radius 2 is 0.878 bits per heavy atom. The maximum Gasteiger partial charge on any atom is 0.382 e. The molecule has 0 aromatic rings. The monoisotopic (exact) mass is 740 g/mol. The van der Waals surface area contributed by atoms with Gasteiger partial charge >= 0.3 is 38.9 Å². The molecule has 6 atom stereocenters. The van der Waals surface area contributed by atoms with Gasteiger partial charge in [-0.3, -0.25) is 0 Å². The molecule has 0 N–H and O–H groups in total. The number of halogens is 6. The first-order chi connectivity index (χ1) is 17.8. The van der Waals surface area contributed by atoms with Crippen LogP contribution in [0.25, 0.3) is 0 Å². The fraction of sp³-hybridized carbons (Fsp3) is 0.905. The van der Waals surface area contributed by atoms with Crippen LogP contribution in [0.4, 0.5) is 26.3 Å². The maximum absolute atomic E-state index is 14.2. The molecule has 0 heterocycles. The van der Waals surface area contributed by atoms with Crippen LogP contribution in [0.15, 0.2) is 12.3 Å². The molecule has 0 fully saturated rings. The first-order valence-electron chi connectivity index (χ1n) is 13.5. The first kappa shape index (κ1) is 43.9. The maximum atomic E-state index is 14.2. The molecule has 0 aromatic carbocycles. The molecule has 0 aliphatic heterocycles. The normalized spacial score (nSPS) is 18.5. The van der Waals surface area contributed by atoms with E-state index in [1.165, 1.54) is 0 Å². The van der Waals surface area contributed by atoms with Crippen molar-refractivity contribution >= 4 is 70.4 Å². The van der Waals surface area contributed by atoms with Gasteiger partial charge < -0.3 is 24.7 Å². The lowest BCUT2D eigenvalue weighted by Crippen LogP contribution is -2.61. The fourth-order valence-corrected chi connectivity index (χ4v) is 24.2. The Morgan fingerprint density at radius 1 is 0.585 bits per heavy atom. The molecule has 0 spiro atoms. The molecule has 20 heteroatoms. The molecular formula is C21H54F6O6Si8. The van der Waals surface area contributed by atoms with E-state index in [9.17, 15) is 26.3 Å². The summed E-state index contributed by atoms with van der Waals surface area (Å²) in [6.45, 7) is 29.5. The lowest BCUT2D eigenvalue weighted by Gasteiger charge is -2.37. The minimum Gasteiger partial charge on any atom is -0.439 e. The van der Waals surface area contributed by atoms with Crippen LogP contribution in [-0.4, -0.2) is 93.8 Å². The smallest absolute Gasteiger partial charge is 0.382 e. The molecule has 41 heavy (non-hydrogen) atoms. The van der Waals surface area contributed by atoms with Gasteiger partial charge in [0.2, 0.25) is 0 Å². The van der Waals surface area contributed by atoms with Crippen molar-refractivity contribution in [3.8, 4) is 0 Å². The Bertz CT molecular complexity index is 735. The van der Waals surface area contributed by atoms with Gasteiger partial charge in [0, 0.05) is 0 Å². The SMILES string of the molecule is C=C[SiH](O[SiH](C)O[Si](C)(C)C)O[Si](C)(C)C.CC(F)C(F)(F)[SiH](O[SiH](O[Si](C)(C)C)C(F)(F)C(C)F)O[Si](C)(C)C. The Balaban J connectivity index is 0. The van der Waals surface area contributed by atoms with E-state index in [1.807, 2.05) is 5.70 Å². The third kappa shape index (κ3) is 20.5. The Labute approximate surface area is 255 Å². The van der Waals surface area contributed by atoms with E-state index in [2.05, 4.69) is 52.4 Å². The van der Waals surface area contributed by atoms with Crippen LogP contribution in [-0.2, 0) is 24.7 Å². The topological polar surface area (TPSA) is 55.4 Å². The average Bonchev–Trinajstić information content (AvgIpc) is 2.67. The van der Waals surface area contributed by atoms with Gasteiger partial charge in [-0.05, 0) is 99.0 Å². The van der Waals surface area contributed by atoms with Crippen molar-refractivity contribution in [2.45, 2.75) is 122 Å². The molecule has 6 nitrogen and oxygen atoms in total. The van der Waals surface area contributed by atoms with Gasteiger partial charge in [-0.2, -0.15) is 0 Å². The van der Waals surface area contributed by atoms with Gasteiger partial charge in [0.05, 0.1) is 0 Å². The van der Waals surface area contributed by atoms with Crippen molar-refractivity contribution < 1.29 is 51.0 Å². The molecule has 0 saturated carbocycles. The van der Waals surface area contributed by atoms with Crippen molar-refractivity contribution in [1.29, 1.82) is 0 Å². The molecule has 248 valence electrons. The van der Waals surface area contributed by atoms with Crippen molar-refractivity contribution in [1.82, 2.24) is 0 Å². The standard InChI is InChI=1S/C12H28F6O3Si4.C9H26O3Si4/c1-9(13)11(15,16)22(20-24(3,4)5)19-23(21-25(6,7)8)12(17,18)10(2)14;1-9-14(12-16(6,7)8)10-13(2)11-15(3,4)5/h9-10,22-23H,1-8H3;9,13-14H,1H2,2-8H3. The van der Waals surface area contributed by atoms with Gasteiger partial charge in [-0.25, -0.2) is 26.3 Å². The van der Waals surface area contributed by atoms with E-state index >= 15 is 0 Å². The lowest BCUT2D eigenvalue weighted by atomic mass is 10.5. The van der Waals surface area contributed by atoms with E-state index in [1.54, 1.807) is 39.3 Å². The summed E-state index contributed by atoms with van der Waals surface area (Å²) in [5.41, 5.74) is -6.22. The zero-order chi connectivity index (χ0) is 33.4. The van der Waals surface area contributed by atoms with Crippen molar-refractivity contribution in [3.05, 3.63) is 12.3 Å². The Hall–Kier alpha value is 0.815. The highest BCUT2D eigenvalue weighted by atomic mass is 28.5. The second kappa shape index (κ2) is 16.9. The quantitative estimate of drug-likeness (QED) is 0.122. The minimum atomic E-state index is -4.25. The van der Waals surface area contributed by atoms with E-state index in [0.29, 0.717) is 13.8 Å². The average molecular weight is 741 g/mol. The van der Waals surface area contributed by atoms with Crippen molar-refractivity contribution in [2.24, 2.45) is 0 Å². The van der Waals surface area contributed by atoms with E-state index in [4.69, 9.17) is 24.7 Å². The number of alkyl halides is 6. The van der Waals surface area contributed by atoms with E-state index in [0.717, 1.165) is 0 Å². The second-order valence-electron chi connectivity index (χ2n) is 13.6. The van der Waals surface area contributed by atoms with E-state index < -0.39 is 93.8 Å². The highest BCUT2D eigenvalue weighted by molar-refractivity contribution is 6.81. The van der Waals surface area contributed by atoms with Crippen LogP contribution < -0.4 is 0 Å². The van der Waals surface area contributed by atoms with Gasteiger partial charge in [-0.1, -0.05) is 5.70 Å². The summed E-state index contributed by atoms with van der Waals surface area (Å²) in [5, 5.41) is 0. The van der Waals surface area contributed by atoms with Crippen LogP contribution in [0.2, 0.25) is 85.1 Å². The third-order valence-electron chi connectivity index (χ3n) is 4.37. The zero-order valence-corrected chi connectivity index (χ0v) is 36.1. The summed E-state index contributed by atoms with van der Waals surface area (Å²) in [5.74, 6) is 0. The predicted octanol–water partition coefficient (Wildman–Crippen LogP) is 6.71. The van der Waals surface area contributed by atoms with Crippen molar-refractivity contribution in [3.63, 3.8) is 0 Å². The number of hydrogen-bond acceptors (Lipinski definition) is 6. The largest absolute Gasteiger partial charge is 0.439 e. The van der Waals surface area contributed by atoms with Gasteiger partial charge in [0.15, 0.2) is 45.6 Å². The molecular weight excluding hydrogens is 687 g/mol. The second-order valence-corrected chi connectivity index (χ2v) is 41.7. The molecule has 0 aliphatic carbocycles. The van der Waals surface area contributed by atoms with Crippen LogP contribution in [0, 0.1) is 0 Å². The van der Waals surface area contributed by atoms with Gasteiger partial charge in [0.25, 0.3) is 9.28 Å². The summed E-state index contributed by atoms with van der Waals surface area (Å²) >= 11 is 0. The molecule has 0 aromatic heterocycles. The fourth-order valence-electron chi connectivity index (χ4n) is 2.72. The lowest BCUT2D eigenvalue weighted by molar-refractivity contribution is -0.0331. The Kier molecular flexibility index (Phi) is 18.1. The minimum absolute atomic E-state index is 0.614. The summed E-state index contributed by atoms with van der Waals surface area (Å²) in [7, 11) is -20.1. The van der Waals surface area contributed by atoms with Gasteiger partial charge in [-0.15, -0.1) is 6.58 Å². The number of rotatable bonds is 17. The first-order valence-corrected chi connectivity index (χ1v) is 33.9. The summed E-state index contributed by atoms with van der Waals surface area (Å²) in [4.78, 5) is 0. The summed E-state index contributed by atoms with van der Waals surface area (Å²) in [6.07, 6.45) is -5.28. The predicted molar refractivity (Wildman–Crippen MR) is 176 cm³/mol. The van der Waals surface area contributed by atoms with Crippen LogP contribution in [0.1, 0.15) is 13.8 Å². The van der Waals surface area contributed by atoms with Crippen LogP contribution in [0.3, 0.4) is 0 Å². The molecule has 0 bridgehead atoms. The van der Waals surface area contributed by atoms with Crippen LogP contribution >= 0.6 is 0 Å². The Morgan fingerprint density at radius 3 is 1.10 bits per heavy atom. The molecule has 0 saturated heterocycles. The molecule has 6 unspecified atom stereocenters. The molecule has 0 amide bonds. The molecule has 0 rings (SSSR count). The molecule has 0 aliphatic rings. The summed E-state index contributed by atoms with van der Waals surface area (Å²) < 4.78 is 117. The van der Waals surface area contributed by atoms with E-state index in [-0.39, 0.29) is 0 Å². The summed E-state index contributed by atoms with van der Waals surface area (Å²) in [6, 6.07) is 0. The highest BCUT2D eigenvalue weighted by Crippen LogP contribution is 2.33. The van der Waals surface area contributed by atoms with Gasteiger partial charge in [0.1, 0.15) is 0 Å². The van der Waals surface area contributed by atoms with Crippen molar-refractivity contribution in [2.75, 3.05) is 0 Å². The highest BCUT2D eigenvalue weighted by Gasteiger charge is 2.59. The molecule has 0 radical (unpaired) electrons. The number of hydrogen-bond donors (Lipinski definition) is 0. The van der Waals surface area contributed by atoms with Crippen LogP contribution in [0.5, 0.6) is 0 Å². The zero-order valence-electron chi connectivity index (χ0n) is 27.5.